The van der Waals surface area contributed by atoms with E-state index in [9.17, 15) is 0 Å². The molecule has 0 aliphatic carbocycles. The van der Waals surface area contributed by atoms with Gasteiger partial charge in [0, 0.05) is 45.1 Å². The van der Waals surface area contributed by atoms with Crippen molar-refractivity contribution in [3.63, 3.8) is 0 Å². The zero-order valence-electron chi connectivity index (χ0n) is 24.2. The molecule has 0 saturated heterocycles. The maximum Gasteiger partial charge on any atom is 0.146 e. The van der Waals surface area contributed by atoms with E-state index >= 15 is 0 Å². The summed E-state index contributed by atoms with van der Waals surface area (Å²) in [5.41, 5.74) is 8.27. The van der Waals surface area contributed by atoms with Crippen LogP contribution >= 0.6 is 0 Å². The molecular weight excluding hydrogens is 552 g/mol. The fourth-order valence-electron chi connectivity index (χ4n) is 6.55. The van der Waals surface area contributed by atoms with Crippen LogP contribution in [0.25, 0.3) is 66.4 Å². The molecule has 0 bridgehead atoms. The smallest absolute Gasteiger partial charge is 0.146 e. The average Bonchev–Trinajstić information content (AvgIpc) is 3.62. The van der Waals surface area contributed by atoms with Crippen molar-refractivity contribution in [1.82, 2.24) is 19.1 Å². The lowest BCUT2D eigenvalue weighted by molar-refractivity contribution is 0.482. The van der Waals surface area contributed by atoms with Crippen molar-refractivity contribution in [3.8, 4) is 34.1 Å². The minimum Gasteiger partial charge on any atom is -0.457 e. The summed E-state index contributed by atoms with van der Waals surface area (Å²) < 4.78 is 11.0. The van der Waals surface area contributed by atoms with Crippen LogP contribution in [0.4, 0.5) is 0 Å². The van der Waals surface area contributed by atoms with Crippen molar-refractivity contribution < 1.29 is 4.74 Å². The lowest BCUT2D eigenvalue weighted by atomic mass is 10.1. The first kappa shape index (κ1) is 25.3. The number of pyridine rings is 2. The molecule has 45 heavy (non-hydrogen) atoms. The van der Waals surface area contributed by atoms with Gasteiger partial charge in [0.15, 0.2) is 0 Å². The molecule has 212 valence electrons. The maximum absolute atomic E-state index is 6.42. The number of ether oxygens (including phenoxy) is 1. The van der Waals surface area contributed by atoms with Crippen molar-refractivity contribution in [2.75, 3.05) is 0 Å². The van der Waals surface area contributed by atoms with E-state index in [-0.39, 0.29) is 0 Å². The Morgan fingerprint density at radius 2 is 1.13 bits per heavy atom. The van der Waals surface area contributed by atoms with Crippen LogP contribution in [0.3, 0.4) is 0 Å². The van der Waals surface area contributed by atoms with Crippen molar-refractivity contribution >= 4 is 43.7 Å². The molecule has 0 aliphatic rings. The molecule has 0 spiro atoms. The van der Waals surface area contributed by atoms with Gasteiger partial charge in [0.1, 0.15) is 17.1 Å². The maximum atomic E-state index is 6.42. The van der Waals surface area contributed by atoms with Crippen LogP contribution in [0, 0.1) is 0 Å². The highest BCUT2D eigenvalue weighted by Gasteiger charge is 2.21. The van der Waals surface area contributed by atoms with Gasteiger partial charge in [-0.25, -0.2) is 4.98 Å². The summed E-state index contributed by atoms with van der Waals surface area (Å²) in [6.07, 6.45) is 3.82. The number of fused-ring (bicyclic) bond motifs is 7. The monoisotopic (exact) mass is 578 g/mol. The van der Waals surface area contributed by atoms with Crippen LogP contribution in [0.1, 0.15) is 0 Å². The van der Waals surface area contributed by atoms with Crippen molar-refractivity contribution in [3.05, 3.63) is 158 Å². The number of rotatable bonds is 5. The Kier molecular flexibility index (Phi) is 5.74. The molecule has 0 amide bonds. The lowest BCUT2D eigenvalue weighted by Crippen LogP contribution is -1.97. The third kappa shape index (κ3) is 4.09. The van der Waals surface area contributed by atoms with E-state index in [0.29, 0.717) is 0 Å². The van der Waals surface area contributed by atoms with Crippen molar-refractivity contribution in [1.29, 1.82) is 0 Å². The first-order valence-corrected chi connectivity index (χ1v) is 15.0. The van der Waals surface area contributed by atoms with Crippen LogP contribution in [0.15, 0.2) is 158 Å². The molecule has 0 unspecified atom stereocenters. The van der Waals surface area contributed by atoms with E-state index in [0.717, 1.165) is 67.1 Å². The second kappa shape index (κ2) is 10.2. The summed E-state index contributed by atoms with van der Waals surface area (Å²) in [4.78, 5) is 9.65. The quantitative estimate of drug-likeness (QED) is 0.204. The third-order valence-electron chi connectivity index (χ3n) is 8.44. The molecular formula is C40H26N4O. The van der Waals surface area contributed by atoms with E-state index in [1.54, 1.807) is 6.20 Å². The molecule has 0 fully saturated rings. The van der Waals surface area contributed by atoms with E-state index in [4.69, 9.17) is 9.72 Å². The normalized spacial score (nSPS) is 11.6. The van der Waals surface area contributed by atoms with Gasteiger partial charge in [0.05, 0.1) is 34.1 Å². The second-order valence-corrected chi connectivity index (χ2v) is 11.1. The highest BCUT2D eigenvalue weighted by molar-refractivity contribution is 6.27. The van der Waals surface area contributed by atoms with Gasteiger partial charge in [-0.1, -0.05) is 78.9 Å². The first-order valence-electron chi connectivity index (χ1n) is 15.0. The summed E-state index contributed by atoms with van der Waals surface area (Å²) in [5, 5.41) is 4.71. The Bertz CT molecular complexity index is 2510. The Morgan fingerprint density at radius 1 is 0.467 bits per heavy atom. The van der Waals surface area contributed by atoms with E-state index < -0.39 is 0 Å². The Balaban J connectivity index is 1.24. The van der Waals surface area contributed by atoms with Gasteiger partial charge in [-0.2, -0.15) is 0 Å². The fourth-order valence-corrected chi connectivity index (χ4v) is 6.55. The first-order chi connectivity index (χ1) is 22.3. The van der Waals surface area contributed by atoms with Crippen molar-refractivity contribution in [2.24, 2.45) is 0 Å². The third-order valence-corrected chi connectivity index (χ3v) is 8.44. The summed E-state index contributed by atoms with van der Waals surface area (Å²) in [6.45, 7) is 0. The molecule has 5 aromatic carbocycles. The van der Waals surface area contributed by atoms with Gasteiger partial charge < -0.3 is 9.30 Å². The Labute approximate surface area is 259 Å². The van der Waals surface area contributed by atoms with E-state index in [2.05, 4.69) is 105 Å². The van der Waals surface area contributed by atoms with Gasteiger partial charge in [-0.05, 0) is 60.7 Å². The standard InChI is InChI=1S/C40H26N4O/c1-2-13-28(14-3-1)43-35-21-6-4-18-32(35)38-37(43)26-42-40-39(38)33-19-5-7-22-36(33)44(40)29-15-11-17-31(25-29)45-30-16-10-12-27(24-30)34-20-8-9-23-41-34/h1-26H. The molecule has 0 saturated carbocycles. The van der Waals surface area contributed by atoms with Crippen LogP contribution in [0.5, 0.6) is 11.5 Å². The number of hydrogen-bond donors (Lipinski definition) is 0. The van der Waals surface area contributed by atoms with Gasteiger partial charge in [-0.3, -0.25) is 9.55 Å². The highest BCUT2D eigenvalue weighted by Crippen LogP contribution is 2.41. The molecule has 5 nitrogen and oxygen atoms in total. The lowest BCUT2D eigenvalue weighted by Gasteiger charge is -2.11. The zero-order chi connectivity index (χ0) is 29.7. The van der Waals surface area contributed by atoms with Gasteiger partial charge >= 0.3 is 0 Å². The zero-order valence-corrected chi connectivity index (χ0v) is 24.2. The molecule has 4 aromatic heterocycles. The Hall–Kier alpha value is -6.20. The van der Waals surface area contributed by atoms with Crippen LogP contribution in [-0.2, 0) is 0 Å². The number of para-hydroxylation sites is 3. The predicted octanol–water partition coefficient (Wildman–Crippen LogP) is 10.1. The molecule has 4 heterocycles. The van der Waals surface area contributed by atoms with Crippen LogP contribution in [-0.4, -0.2) is 19.1 Å². The SMILES string of the molecule is c1ccc(-n2c3ccccc3c3c4c5ccccc5n(-c5cccc(Oc6cccc(-c7ccccn7)c6)c5)c4ncc32)cc1. The molecule has 5 heteroatoms. The summed E-state index contributed by atoms with van der Waals surface area (Å²) in [7, 11) is 0. The minimum absolute atomic E-state index is 0.748. The summed E-state index contributed by atoms with van der Waals surface area (Å²) >= 11 is 0. The number of benzene rings is 5. The second-order valence-electron chi connectivity index (χ2n) is 11.1. The number of hydrogen-bond acceptors (Lipinski definition) is 3. The summed E-state index contributed by atoms with van der Waals surface area (Å²) in [5.74, 6) is 1.50. The van der Waals surface area contributed by atoms with Crippen LogP contribution < -0.4 is 4.74 Å². The molecule has 0 radical (unpaired) electrons. The average molecular weight is 579 g/mol. The minimum atomic E-state index is 0.748. The van der Waals surface area contributed by atoms with E-state index in [1.807, 2.05) is 60.8 Å². The molecule has 0 aliphatic heterocycles. The topological polar surface area (TPSA) is 44.9 Å². The van der Waals surface area contributed by atoms with E-state index in [1.165, 1.54) is 10.8 Å². The largest absolute Gasteiger partial charge is 0.457 e. The number of nitrogens with zero attached hydrogens (tertiary/aromatic N) is 4. The number of aromatic nitrogens is 4. The van der Waals surface area contributed by atoms with Crippen LogP contribution in [0.2, 0.25) is 0 Å². The van der Waals surface area contributed by atoms with Gasteiger partial charge in [-0.15, -0.1) is 0 Å². The van der Waals surface area contributed by atoms with Crippen molar-refractivity contribution in [2.45, 2.75) is 0 Å². The van der Waals surface area contributed by atoms with Gasteiger partial charge in [0.2, 0.25) is 0 Å². The molecule has 9 rings (SSSR count). The Morgan fingerprint density at radius 3 is 1.93 bits per heavy atom. The molecule has 0 atom stereocenters. The summed E-state index contributed by atoms with van der Waals surface area (Å²) in [6, 6.07) is 49.9. The fraction of sp³-hybridized carbons (Fsp3) is 0. The predicted molar refractivity (Wildman–Crippen MR) is 183 cm³/mol. The highest BCUT2D eigenvalue weighted by atomic mass is 16.5. The molecule has 0 N–H and O–H groups in total. The van der Waals surface area contributed by atoms with Gasteiger partial charge in [0.25, 0.3) is 0 Å². The molecule has 9 aromatic rings.